The van der Waals surface area contributed by atoms with Gasteiger partial charge in [-0.2, -0.15) is 0 Å². The van der Waals surface area contributed by atoms with Crippen LogP contribution < -0.4 is 10.9 Å². The molecule has 0 amide bonds. The molecular formula is C20H27ClN4O. The SMILES string of the molecule is COCCCN(Cc1ccccn1)CC1CNNC1c1ccc(Cl)cc1. The summed E-state index contributed by atoms with van der Waals surface area (Å²) in [5, 5.41) is 0.771. The van der Waals surface area contributed by atoms with E-state index in [-0.39, 0.29) is 6.04 Å². The molecule has 0 radical (unpaired) electrons. The Balaban J connectivity index is 1.66. The predicted octanol–water partition coefficient (Wildman–Crippen LogP) is 3.04. The van der Waals surface area contributed by atoms with Crippen molar-refractivity contribution in [2.75, 3.05) is 33.4 Å². The lowest BCUT2D eigenvalue weighted by molar-refractivity contribution is 0.158. The topological polar surface area (TPSA) is 49.4 Å². The molecule has 2 N–H and O–H groups in total. The van der Waals surface area contributed by atoms with Gasteiger partial charge in [0.25, 0.3) is 0 Å². The van der Waals surface area contributed by atoms with E-state index in [4.69, 9.17) is 16.3 Å². The van der Waals surface area contributed by atoms with Gasteiger partial charge in [-0.25, -0.2) is 5.43 Å². The minimum Gasteiger partial charge on any atom is -0.385 e. The van der Waals surface area contributed by atoms with Crippen LogP contribution in [0, 0.1) is 5.92 Å². The highest BCUT2D eigenvalue weighted by Crippen LogP contribution is 2.27. The molecule has 0 spiro atoms. The van der Waals surface area contributed by atoms with Crippen molar-refractivity contribution in [2.45, 2.75) is 19.0 Å². The van der Waals surface area contributed by atoms with Gasteiger partial charge in [-0.05, 0) is 36.2 Å². The number of rotatable bonds is 9. The molecule has 0 bridgehead atoms. The fourth-order valence-electron chi connectivity index (χ4n) is 3.45. The Morgan fingerprint density at radius 2 is 2.08 bits per heavy atom. The zero-order valence-electron chi connectivity index (χ0n) is 15.2. The molecule has 2 atom stereocenters. The summed E-state index contributed by atoms with van der Waals surface area (Å²) in [4.78, 5) is 6.97. The maximum absolute atomic E-state index is 6.04. The number of ether oxygens (including phenoxy) is 1. The summed E-state index contributed by atoms with van der Waals surface area (Å²) in [6.45, 7) is 4.56. The highest BCUT2D eigenvalue weighted by molar-refractivity contribution is 6.30. The lowest BCUT2D eigenvalue weighted by atomic mass is 9.94. The summed E-state index contributed by atoms with van der Waals surface area (Å²) in [5.74, 6) is 0.474. The molecule has 3 rings (SSSR count). The van der Waals surface area contributed by atoms with Crippen molar-refractivity contribution in [3.8, 4) is 0 Å². The van der Waals surface area contributed by atoms with Crippen LogP contribution in [0.25, 0.3) is 0 Å². The van der Waals surface area contributed by atoms with Crippen LogP contribution in [-0.4, -0.2) is 43.2 Å². The van der Waals surface area contributed by atoms with E-state index < -0.39 is 0 Å². The van der Waals surface area contributed by atoms with Crippen molar-refractivity contribution in [1.82, 2.24) is 20.7 Å². The van der Waals surface area contributed by atoms with Gasteiger partial charge in [0.2, 0.25) is 0 Å². The Kier molecular flexibility index (Phi) is 7.41. The maximum Gasteiger partial charge on any atom is 0.0543 e. The third-order valence-corrected chi connectivity index (χ3v) is 5.00. The van der Waals surface area contributed by atoms with Gasteiger partial charge in [-0.15, -0.1) is 0 Å². The van der Waals surface area contributed by atoms with Crippen molar-refractivity contribution in [1.29, 1.82) is 0 Å². The minimum absolute atomic E-state index is 0.279. The van der Waals surface area contributed by atoms with E-state index in [1.54, 1.807) is 7.11 Å². The predicted molar refractivity (Wildman–Crippen MR) is 105 cm³/mol. The summed E-state index contributed by atoms with van der Waals surface area (Å²) < 4.78 is 5.23. The summed E-state index contributed by atoms with van der Waals surface area (Å²) in [6.07, 6.45) is 2.88. The van der Waals surface area contributed by atoms with Crippen LogP contribution in [0.4, 0.5) is 0 Å². The lowest BCUT2D eigenvalue weighted by Gasteiger charge is -2.28. The van der Waals surface area contributed by atoms with Crippen molar-refractivity contribution < 1.29 is 4.74 Å². The van der Waals surface area contributed by atoms with Crippen LogP contribution in [0.2, 0.25) is 5.02 Å². The first kappa shape index (κ1) is 19.3. The van der Waals surface area contributed by atoms with Crippen LogP contribution in [0.15, 0.2) is 48.7 Å². The molecule has 2 aromatic rings. The fraction of sp³-hybridized carbons (Fsp3) is 0.450. The van der Waals surface area contributed by atoms with Crippen LogP contribution in [0.3, 0.4) is 0 Å². The van der Waals surface area contributed by atoms with E-state index in [0.29, 0.717) is 5.92 Å². The summed E-state index contributed by atoms with van der Waals surface area (Å²) >= 11 is 6.04. The highest BCUT2D eigenvalue weighted by atomic mass is 35.5. The molecule has 1 saturated heterocycles. The first-order valence-electron chi connectivity index (χ1n) is 9.11. The van der Waals surface area contributed by atoms with E-state index in [0.717, 1.165) is 49.9 Å². The fourth-order valence-corrected chi connectivity index (χ4v) is 3.58. The Hall–Kier alpha value is -1.50. The van der Waals surface area contributed by atoms with Crippen molar-refractivity contribution >= 4 is 11.6 Å². The smallest absolute Gasteiger partial charge is 0.0543 e. The first-order valence-corrected chi connectivity index (χ1v) is 9.49. The Morgan fingerprint density at radius 1 is 1.23 bits per heavy atom. The number of aromatic nitrogens is 1. The second-order valence-corrected chi connectivity index (χ2v) is 7.15. The lowest BCUT2D eigenvalue weighted by Crippen LogP contribution is -2.34. The van der Waals surface area contributed by atoms with Crippen molar-refractivity contribution in [2.24, 2.45) is 5.92 Å². The molecule has 0 saturated carbocycles. The third kappa shape index (κ3) is 5.50. The number of methoxy groups -OCH3 is 1. The summed E-state index contributed by atoms with van der Waals surface area (Å²) in [5.41, 5.74) is 9.11. The molecule has 1 aromatic heterocycles. The maximum atomic E-state index is 6.04. The molecule has 2 unspecified atom stereocenters. The minimum atomic E-state index is 0.279. The number of nitrogens with one attached hydrogen (secondary N) is 2. The summed E-state index contributed by atoms with van der Waals surface area (Å²) in [7, 11) is 1.75. The highest BCUT2D eigenvalue weighted by Gasteiger charge is 2.29. The average molecular weight is 375 g/mol. The molecular weight excluding hydrogens is 348 g/mol. The molecule has 1 aromatic carbocycles. The number of benzene rings is 1. The molecule has 140 valence electrons. The van der Waals surface area contributed by atoms with Gasteiger partial charge in [-0.3, -0.25) is 15.3 Å². The number of nitrogens with zero attached hydrogens (tertiary/aromatic N) is 2. The average Bonchev–Trinajstić information content (AvgIpc) is 3.11. The van der Waals surface area contributed by atoms with Crippen LogP contribution in [-0.2, 0) is 11.3 Å². The normalized spacial score (nSPS) is 20.0. The van der Waals surface area contributed by atoms with E-state index >= 15 is 0 Å². The van der Waals surface area contributed by atoms with E-state index in [2.05, 4.69) is 38.9 Å². The molecule has 2 heterocycles. The zero-order chi connectivity index (χ0) is 18.2. The molecule has 1 fully saturated rings. The van der Waals surface area contributed by atoms with Crippen LogP contribution >= 0.6 is 11.6 Å². The number of halogens is 1. The van der Waals surface area contributed by atoms with Crippen molar-refractivity contribution in [3.05, 3.63) is 64.9 Å². The molecule has 1 aliphatic heterocycles. The van der Waals surface area contributed by atoms with Gasteiger partial charge < -0.3 is 4.74 Å². The second-order valence-electron chi connectivity index (χ2n) is 6.72. The largest absolute Gasteiger partial charge is 0.385 e. The van der Waals surface area contributed by atoms with Gasteiger partial charge >= 0.3 is 0 Å². The van der Waals surface area contributed by atoms with E-state index in [1.807, 2.05) is 30.5 Å². The van der Waals surface area contributed by atoms with Gasteiger partial charge in [0.15, 0.2) is 0 Å². The molecule has 5 nitrogen and oxygen atoms in total. The molecule has 0 aliphatic carbocycles. The number of hydrazine groups is 1. The van der Waals surface area contributed by atoms with Crippen LogP contribution in [0.5, 0.6) is 0 Å². The molecule has 26 heavy (non-hydrogen) atoms. The van der Waals surface area contributed by atoms with Gasteiger partial charge in [0.05, 0.1) is 11.7 Å². The third-order valence-electron chi connectivity index (χ3n) is 4.75. The van der Waals surface area contributed by atoms with E-state index in [9.17, 15) is 0 Å². The number of pyridine rings is 1. The van der Waals surface area contributed by atoms with E-state index in [1.165, 1.54) is 5.56 Å². The van der Waals surface area contributed by atoms with Crippen LogP contribution in [0.1, 0.15) is 23.7 Å². The van der Waals surface area contributed by atoms with Gasteiger partial charge in [-0.1, -0.05) is 29.8 Å². The number of hydrogen-bond acceptors (Lipinski definition) is 5. The Bertz CT molecular complexity index is 653. The quantitative estimate of drug-likeness (QED) is 0.661. The van der Waals surface area contributed by atoms with Crippen molar-refractivity contribution in [3.63, 3.8) is 0 Å². The van der Waals surface area contributed by atoms with Gasteiger partial charge in [0, 0.05) is 57.0 Å². The molecule has 6 heteroatoms. The second kappa shape index (κ2) is 10.00. The number of hydrogen-bond donors (Lipinski definition) is 2. The Labute approximate surface area is 160 Å². The standard InChI is InChI=1S/C20H27ClN4O/c1-26-12-4-11-25(15-19-5-2-3-10-22-19)14-17-13-23-24-20(17)16-6-8-18(21)9-7-16/h2-3,5-10,17,20,23-24H,4,11-15H2,1H3. The van der Waals surface area contributed by atoms with Gasteiger partial charge in [0.1, 0.15) is 0 Å². The monoisotopic (exact) mass is 374 g/mol. The first-order chi connectivity index (χ1) is 12.8. The molecule has 1 aliphatic rings. The Morgan fingerprint density at radius 3 is 2.81 bits per heavy atom. The zero-order valence-corrected chi connectivity index (χ0v) is 16.0. The summed E-state index contributed by atoms with van der Waals surface area (Å²) in [6, 6.07) is 14.5.